The topological polar surface area (TPSA) is 50.1 Å². The maximum absolute atomic E-state index is 10.3. The zero-order valence-corrected chi connectivity index (χ0v) is 9.95. The van der Waals surface area contributed by atoms with Crippen molar-refractivity contribution in [3.63, 3.8) is 0 Å². The molecule has 0 aliphatic heterocycles. The van der Waals surface area contributed by atoms with Crippen LogP contribution in [-0.4, -0.2) is 27.0 Å². The van der Waals surface area contributed by atoms with Crippen molar-refractivity contribution >= 4 is 0 Å². The van der Waals surface area contributed by atoms with Gasteiger partial charge in [0, 0.05) is 31.9 Å². The zero-order valence-electron chi connectivity index (χ0n) is 9.95. The third-order valence-electron chi connectivity index (χ3n) is 3.33. The number of aliphatic hydroxyl groups is 1. The first-order valence-electron chi connectivity index (χ1n) is 6.09. The van der Waals surface area contributed by atoms with Crippen molar-refractivity contribution in [3.8, 4) is 0 Å². The summed E-state index contributed by atoms with van der Waals surface area (Å²) in [5.74, 6) is 0. The normalized spacial score (nSPS) is 19.9. The van der Waals surface area contributed by atoms with Crippen LogP contribution in [0.1, 0.15) is 37.7 Å². The third kappa shape index (κ3) is 3.06. The van der Waals surface area contributed by atoms with Gasteiger partial charge < -0.3 is 10.4 Å². The molecule has 0 radical (unpaired) electrons. The first kappa shape index (κ1) is 11.6. The molecule has 0 aromatic carbocycles. The fourth-order valence-corrected chi connectivity index (χ4v) is 2.39. The van der Waals surface area contributed by atoms with Crippen molar-refractivity contribution < 1.29 is 5.11 Å². The molecular weight excluding hydrogens is 202 g/mol. The van der Waals surface area contributed by atoms with E-state index in [2.05, 4.69) is 10.4 Å². The molecule has 1 aliphatic rings. The Bertz CT molecular complexity index is 329. The molecule has 0 unspecified atom stereocenters. The molecule has 4 nitrogen and oxygen atoms in total. The van der Waals surface area contributed by atoms with Crippen LogP contribution in [0.3, 0.4) is 0 Å². The van der Waals surface area contributed by atoms with Gasteiger partial charge in [0.25, 0.3) is 0 Å². The number of hydrogen-bond donors (Lipinski definition) is 2. The van der Waals surface area contributed by atoms with Gasteiger partial charge in [-0.05, 0) is 12.8 Å². The van der Waals surface area contributed by atoms with Gasteiger partial charge in [-0.1, -0.05) is 19.3 Å². The van der Waals surface area contributed by atoms with Gasteiger partial charge >= 0.3 is 0 Å². The predicted octanol–water partition coefficient (Wildman–Crippen LogP) is 1.20. The Labute approximate surface area is 96.7 Å². The second-order valence-corrected chi connectivity index (χ2v) is 4.91. The van der Waals surface area contributed by atoms with Crippen LogP contribution in [0.2, 0.25) is 0 Å². The van der Waals surface area contributed by atoms with Crippen LogP contribution in [-0.2, 0) is 13.6 Å². The van der Waals surface area contributed by atoms with Crippen molar-refractivity contribution in [3.05, 3.63) is 18.0 Å². The summed E-state index contributed by atoms with van der Waals surface area (Å²) in [7, 11) is 1.91. The highest BCUT2D eigenvalue weighted by Crippen LogP contribution is 2.27. The second-order valence-electron chi connectivity index (χ2n) is 4.91. The van der Waals surface area contributed by atoms with Gasteiger partial charge in [-0.25, -0.2) is 0 Å². The fourth-order valence-electron chi connectivity index (χ4n) is 2.39. The fraction of sp³-hybridized carbons (Fsp3) is 0.750. The highest BCUT2D eigenvalue weighted by atomic mass is 16.3. The molecule has 1 aromatic rings. The van der Waals surface area contributed by atoms with E-state index in [1.54, 1.807) is 4.68 Å². The minimum atomic E-state index is -0.472. The number of aromatic nitrogens is 2. The molecule has 1 heterocycles. The average Bonchev–Trinajstić information content (AvgIpc) is 2.65. The quantitative estimate of drug-likeness (QED) is 0.806. The van der Waals surface area contributed by atoms with E-state index in [1.165, 1.54) is 12.0 Å². The van der Waals surface area contributed by atoms with Crippen molar-refractivity contribution in [1.82, 2.24) is 15.1 Å². The molecule has 1 saturated carbocycles. The molecule has 90 valence electrons. The first-order chi connectivity index (χ1) is 7.68. The van der Waals surface area contributed by atoms with Gasteiger partial charge in [-0.15, -0.1) is 0 Å². The molecule has 16 heavy (non-hydrogen) atoms. The Morgan fingerprint density at radius 1 is 1.44 bits per heavy atom. The molecule has 0 bridgehead atoms. The van der Waals surface area contributed by atoms with Gasteiger partial charge in [-0.2, -0.15) is 5.10 Å². The Morgan fingerprint density at radius 3 is 2.81 bits per heavy atom. The minimum absolute atomic E-state index is 0.472. The van der Waals surface area contributed by atoms with Crippen LogP contribution in [0.4, 0.5) is 0 Å². The summed E-state index contributed by atoms with van der Waals surface area (Å²) in [4.78, 5) is 0. The average molecular weight is 223 g/mol. The lowest BCUT2D eigenvalue weighted by Crippen LogP contribution is -2.41. The van der Waals surface area contributed by atoms with Crippen LogP contribution < -0.4 is 5.32 Å². The van der Waals surface area contributed by atoms with Gasteiger partial charge in [0.05, 0.1) is 11.8 Å². The molecular formula is C12H21N3O. The predicted molar refractivity (Wildman–Crippen MR) is 62.9 cm³/mol. The summed E-state index contributed by atoms with van der Waals surface area (Å²) in [6.07, 6.45) is 9.32. The maximum Gasteiger partial charge on any atom is 0.0771 e. The van der Waals surface area contributed by atoms with Gasteiger partial charge in [-0.3, -0.25) is 4.68 Å². The number of aryl methyl sites for hydroxylation is 1. The first-order valence-corrected chi connectivity index (χ1v) is 6.09. The van der Waals surface area contributed by atoms with E-state index in [9.17, 15) is 5.11 Å². The highest BCUT2D eigenvalue weighted by Gasteiger charge is 2.28. The van der Waals surface area contributed by atoms with Crippen LogP contribution >= 0.6 is 0 Å². The minimum Gasteiger partial charge on any atom is -0.389 e. The summed E-state index contributed by atoms with van der Waals surface area (Å²) < 4.78 is 1.80. The smallest absolute Gasteiger partial charge is 0.0771 e. The van der Waals surface area contributed by atoms with Crippen molar-refractivity contribution in [2.45, 2.75) is 44.2 Å². The number of nitrogens with zero attached hydrogens (tertiary/aromatic N) is 2. The number of rotatable bonds is 4. The molecule has 0 amide bonds. The standard InChI is InChI=1S/C12H21N3O/c1-15-9-11(8-14-15)7-13-10-12(16)5-3-2-4-6-12/h8-9,13,16H,2-7,10H2,1H3. The van der Waals surface area contributed by atoms with Crippen LogP contribution in [0.15, 0.2) is 12.4 Å². The SMILES string of the molecule is Cn1cc(CNCC2(O)CCCCC2)cn1. The van der Waals surface area contributed by atoms with Crippen LogP contribution in [0, 0.1) is 0 Å². The molecule has 1 aliphatic carbocycles. The number of nitrogens with one attached hydrogen (secondary N) is 1. The van der Waals surface area contributed by atoms with E-state index in [0.29, 0.717) is 6.54 Å². The van der Waals surface area contributed by atoms with Crippen molar-refractivity contribution in [2.75, 3.05) is 6.54 Å². The lowest BCUT2D eigenvalue weighted by molar-refractivity contribution is 0.00467. The summed E-state index contributed by atoms with van der Waals surface area (Å²) >= 11 is 0. The lowest BCUT2D eigenvalue weighted by Gasteiger charge is -2.32. The summed E-state index contributed by atoms with van der Waals surface area (Å²) in [6, 6.07) is 0. The molecule has 2 N–H and O–H groups in total. The van der Waals surface area contributed by atoms with Crippen LogP contribution in [0.5, 0.6) is 0 Å². The van der Waals surface area contributed by atoms with Gasteiger partial charge in [0.15, 0.2) is 0 Å². The largest absolute Gasteiger partial charge is 0.389 e. The highest BCUT2D eigenvalue weighted by molar-refractivity contribution is 5.03. The van der Waals surface area contributed by atoms with Crippen molar-refractivity contribution in [1.29, 1.82) is 0 Å². The van der Waals surface area contributed by atoms with E-state index < -0.39 is 5.60 Å². The van der Waals surface area contributed by atoms with E-state index in [4.69, 9.17) is 0 Å². The molecule has 0 atom stereocenters. The summed E-state index contributed by atoms with van der Waals surface area (Å²) in [5, 5.41) is 17.7. The second kappa shape index (κ2) is 4.97. The molecule has 2 rings (SSSR count). The Hall–Kier alpha value is -0.870. The summed E-state index contributed by atoms with van der Waals surface area (Å²) in [6.45, 7) is 1.48. The van der Waals surface area contributed by atoms with Gasteiger partial charge in [0.2, 0.25) is 0 Å². The monoisotopic (exact) mass is 223 g/mol. The van der Waals surface area contributed by atoms with Crippen molar-refractivity contribution in [2.24, 2.45) is 7.05 Å². The number of hydrogen-bond acceptors (Lipinski definition) is 3. The molecule has 0 spiro atoms. The Morgan fingerprint density at radius 2 is 2.19 bits per heavy atom. The van der Waals surface area contributed by atoms with E-state index in [-0.39, 0.29) is 0 Å². The molecule has 0 saturated heterocycles. The van der Waals surface area contributed by atoms with E-state index >= 15 is 0 Å². The third-order valence-corrected chi connectivity index (χ3v) is 3.33. The summed E-state index contributed by atoms with van der Waals surface area (Å²) in [5.41, 5.74) is 0.697. The zero-order chi connectivity index (χ0) is 11.4. The molecule has 1 aromatic heterocycles. The van der Waals surface area contributed by atoms with Crippen LogP contribution in [0.25, 0.3) is 0 Å². The molecule has 1 fully saturated rings. The maximum atomic E-state index is 10.3. The van der Waals surface area contributed by atoms with E-state index in [0.717, 1.165) is 32.2 Å². The lowest BCUT2D eigenvalue weighted by atomic mass is 9.85. The van der Waals surface area contributed by atoms with E-state index in [1.807, 2.05) is 19.4 Å². The Kier molecular flexibility index (Phi) is 3.61. The molecule has 4 heteroatoms. The Balaban J connectivity index is 1.74. The van der Waals surface area contributed by atoms with Gasteiger partial charge in [0.1, 0.15) is 0 Å².